The zero-order chi connectivity index (χ0) is 22.6. The molecule has 9 nitrogen and oxygen atoms in total. The molecule has 170 valence electrons. The molecule has 0 aliphatic carbocycles. The maximum Gasteiger partial charge on any atom is 0.323 e. The maximum absolute atomic E-state index is 12.4. The molecule has 2 aromatic carbocycles. The van der Waals surface area contributed by atoms with E-state index >= 15 is 0 Å². The Hall–Kier alpha value is -4.01. The molecule has 0 atom stereocenters. The molecule has 1 aromatic heterocycles. The number of nitrogens with zero attached hydrogens (tertiary/aromatic N) is 3. The van der Waals surface area contributed by atoms with Crippen LogP contribution in [0.25, 0.3) is 0 Å². The average Bonchev–Trinajstić information content (AvgIpc) is 3.35. The van der Waals surface area contributed by atoms with E-state index in [0.29, 0.717) is 36.1 Å². The van der Waals surface area contributed by atoms with Crippen molar-refractivity contribution in [1.29, 1.82) is 0 Å². The molecule has 33 heavy (non-hydrogen) atoms. The van der Waals surface area contributed by atoms with Crippen LogP contribution in [0.5, 0.6) is 11.5 Å². The summed E-state index contributed by atoms with van der Waals surface area (Å²) in [6, 6.07) is 14.4. The third kappa shape index (κ3) is 5.08. The molecule has 5 rings (SSSR count). The predicted molar refractivity (Wildman–Crippen MR) is 128 cm³/mol. The number of nitrogens with one attached hydrogen (secondary N) is 3. The van der Waals surface area contributed by atoms with Crippen LogP contribution in [0.4, 0.5) is 33.6 Å². The molecule has 2 aliphatic rings. The molecule has 1 saturated heterocycles. The van der Waals surface area contributed by atoms with Gasteiger partial charge in [0.1, 0.15) is 19.0 Å². The van der Waals surface area contributed by atoms with Gasteiger partial charge in [-0.25, -0.2) is 9.78 Å². The molecule has 2 amide bonds. The van der Waals surface area contributed by atoms with E-state index in [9.17, 15) is 4.79 Å². The van der Waals surface area contributed by atoms with Gasteiger partial charge < -0.3 is 30.3 Å². The van der Waals surface area contributed by atoms with Crippen molar-refractivity contribution in [3.63, 3.8) is 0 Å². The van der Waals surface area contributed by atoms with Crippen LogP contribution in [0.1, 0.15) is 18.5 Å². The minimum atomic E-state index is -0.339. The minimum Gasteiger partial charge on any atom is -0.486 e. The normalized spacial score (nSPS) is 14.6. The summed E-state index contributed by atoms with van der Waals surface area (Å²) < 4.78 is 11.1. The summed E-state index contributed by atoms with van der Waals surface area (Å²) in [6.45, 7) is 4.99. The first-order valence-electron chi connectivity index (χ1n) is 11.1. The SMILES string of the molecule is Cc1cc(Nc2ccc(NC(=O)Nc3ccc4c(c3)OCCO4)cc2)nc(N2CCCC2)n1. The van der Waals surface area contributed by atoms with Gasteiger partial charge in [-0.1, -0.05) is 0 Å². The molecule has 1 fully saturated rings. The summed E-state index contributed by atoms with van der Waals surface area (Å²) in [4.78, 5) is 23.8. The number of ether oxygens (including phenoxy) is 2. The van der Waals surface area contributed by atoms with Crippen molar-refractivity contribution < 1.29 is 14.3 Å². The van der Waals surface area contributed by atoms with Crippen LogP contribution in [0.2, 0.25) is 0 Å². The summed E-state index contributed by atoms with van der Waals surface area (Å²) in [5.74, 6) is 2.83. The molecule has 3 heterocycles. The standard InChI is InChI=1S/C24H26N6O3/c1-16-14-22(29-23(25-16)30-10-2-3-11-30)26-17-4-6-18(7-5-17)27-24(31)28-19-8-9-20-21(15-19)33-13-12-32-20/h4-9,14-15H,2-3,10-13H2,1H3,(H,25,26,29)(H2,27,28,31). The van der Waals surface area contributed by atoms with Crippen LogP contribution in [0, 0.1) is 6.92 Å². The van der Waals surface area contributed by atoms with E-state index in [4.69, 9.17) is 9.47 Å². The number of amides is 2. The fourth-order valence-corrected chi connectivity index (χ4v) is 3.87. The molecule has 9 heteroatoms. The fraction of sp³-hybridized carbons (Fsp3) is 0.292. The number of anilines is 5. The second-order valence-corrected chi connectivity index (χ2v) is 8.03. The number of hydrogen-bond acceptors (Lipinski definition) is 7. The van der Waals surface area contributed by atoms with Crippen molar-refractivity contribution in [2.24, 2.45) is 0 Å². The Morgan fingerprint density at radius 2 is 1.52 bits per heavy atom. The third-order valence-corrected chi connectivity index (χ3v) is 5.45. The first kappa shape index (κ1) is 20.9. The van der Waals surface area contributed by atoms with Gasteiger partial charge in [0.2, 0.25) is 5.95 Å². The van der Waals surface area contributed by atoms with E-state index in [1.165, 1.54) is 12.8 Å². The Morgan fingerprint density at radius 3 is 2.30 bits per heavy atom. The number of fused-ring (bicyclic) bond motifs is 1. The van der Waals surface area contributed by atoms with Crippen molar-refractivity contribution in [3.05, 3.63) is 54.2 Å². The summed E-state index contributed by atoms with van der Waals surface area (Å²) in [5.41, 5.74) is 3.09. The minimum absolute atomic E-state index is 0.339. The highest BCUT2D eigenvalue weighted by atomic mass is 16.6. The number of urea groups is 1. The number of hydrogen-bond donors (Lipinski definition) is 3. The highest BCUT2D eigenvalue weighted by Gasteiger charge is 2.16. The van der Waals surface area contributed by atoms with Crippen molar-refractivity contribution in [2.75, 3.05) is 47.2 Å². The van der Waals surface area contributed by atoms with Gasteiger partial charge in [-0.15, -0.1) is 0 Å². The van der Waals surface area contributed by atoms with Crippen LogP contribution < -0.4 is 30.3 Å². The molecule has 0 unspecified atom stereocenters. The molecule has 0 bridgehead atoms. The molecule has 0 saturated carbocycles. The smallest absolute Gasteiger partial charge is 0.323 e. The van der Waals surface area contributed by atoms with E-state index in [0.717, 1.165) is 36.2 Å². The van der Waals surface area contributed by atoms with E-state index in [1.807, 2.05) is 37.3 Å². The molecular formula is C24H26N6O3. The van der Waals surface area contributed by atoms with Crippen molar-refractivity contribution in [3.8, 4) is 11.5 Å². The van der Waals surface area contributed by atoms with Crippen molar-refractivity contribution in [1.82, 2.24) is 9.97 Å². The van der Waals surface area contributed by atoms with Crippen LogP contribution in [0.15, 0.2) is 48.5 Å². The molecule has 3 N–H and O–H groups in total. The number of aromatic nitrogens is 2. The van der Waals surface area contributed by atoms with Gasteiger partial charge in [0.05, 0.1) is 0 Å². The summed E-state index contributed by atoms with van der Waals surface area (Å²) in [6.07, 6.45) is 2.35. The van der Waals surface area contributed by atoms with Gasteiger partial charge in [0.15, 0.2) is 11.5 Å². The van der Waals surface area contributed by atoms with Gasteiger partial charge in [0.25, 0.3) is 0 Å². The van der Waals surface area contributed by atoms with Crippen LogP contribution in [-0.4, -0.2) is 42.3 Å². The van der Waals surface area contributed by atoms with Crippen LogP contribution in [-0.2, 0) is 0 Å². The highest BCUT2D eigenvalue weighted by molar-refractivity contribution is 6.00. The lowest BCUT2D eigenvalue weighted by molar-refractivity contribution is 0.171. The zero-order valence-corrected chi connectivity index (χ0v) is 18.4. The second kappa shape index (κ2) is 9.23. The van der Waals surface area contributed by atoms with Gasteiger partial charge in [-0.2, -0.15) is 4.98 Å². The summed E-state index contributed by atoms with van der Waals surface area (Å²) in [7, 11) is 0. The number of carbonyl (C=O) groups excluding carboxylic acids is 1. The van der Waals surface area contributed by atoms with E-state index in [2.05, 4.69) is 30.8 Å². The Balaban J connectivity index is 1.20. The second-order valence-electron chi connectivity index (χ2n) is 8.03. The average molecular weight is 447 g/mol. The molecule has 2 aliphatic heterocycles. The summed E-state index contributed by atoms with van der Waals surface area (Å²) >= 11 is 0. The lowest BCUT2D eigenvalue weighted by Gasteiger charge is -2.19. The number of aryl methyl sites for hydroxylation is 1. The lowest BCUT2D eigenvalue weighted by Crippen LogP contribution is -2.21. The van der Waals surface area contributed by atoms with Gasteiger partial charge in [0, 0.05) is 48.0 Å². The monoisotopic (exact) mass is 446 g/mol. The molecule has 0 radical (unpaired) electrons. The molecule has 3 aromatic rings. The van der Waals surface area contributed by atoms with Gasteiger partial charge >= 0.3 is 6.03 Å². The number of benzene rings is 2. The summed E-state index contributed by atoms with van der Waals surface area (Å²) in [5, 5.41) is 8.97. The van der Waals surface area contributed by atoms with E-state index < -0.39 is 0 Å². The quantitative estimate of drug-likeness (QED) is 0.529. The van der Waals surface area contributed by atoms with E-state index in [1.54, 1.807) is 18.2 Å². The number of carbonyl (C=O) groups is 1. The third-order valence-electron chi connectivity index (χ3n) is 5.45. The van der Waals surface area contributed by atoms with Crippen LogP contribution >= 0.6 is 0 Å². The Labute approximate surface area is 192 Å². The first-order valence-corrected chi connectivity index (χ1v) is 11.1. The Morgan fingerprint density at radius 1 is 0.848 bits per heavy atom. The number of rotatable bonds is 5. The largest absolute Gasteiger partial charge is 0.486 e. The Bertz CT molecular complexity index is 1150. The maximum atomic E-state index is 12.4. The van der Waals surface area contributed by atoms with E-state index in [-0.39, 0.29) is 6.03 Å². The van der Waals surface area contributed by atoms with Gasteiger partial charge in [-0.3, -0.25) is 0 Å². The molecular weight excluding hydrogens is 420 g/mol. The fourth-order valence-electron chi connectivity index (χ4n) is 3.87. The van der Waals surface area contributed by atoms with Crippen molar-refractivity contribution in [2.45, 2.75) is 19.8 Å². The Kier molecular flexibility index (Phi) is 5.84. The molecule has 0 spiro atoms. The zero-order valence-electron chi connectivity index (χ0n) is 18.4. The van der Waals surface area contributed by atoms with Gasteiger partial charge in [-0.05, 0) is 56.2 Å². The first-order chi connectivity index (χ1) is 16.1. The topological polar surface area (TPSA) is 101 Å². The lowest BCUT2D eigenvalue weighted by atomic mass is 10.2. The predicted octanol–water partition coefficient (Wildman–Crippen LogP) is 4.54. The highest BCUT2D eigenvalue weighted by Crippen LogP contribution is 2.32. The van der Waals surface area contributed by atoms with Crippen molar-refractivity contribution >= 4 is 34.9 Å². The van der Waals surface area contributed by atoms with Crippen LogP contribution in [0.3, 0.4) is 0 Å².